The number of rotatable bonds is 7. The Morgan fingerprint density at radius 2 is 2.25 bits per heavy atom. The van der Waals surface area contributed by atoms with E-state index >= 15 is 0 Å². The number of nitrogens with one attached hydrogen (secondary N) is 2. The molecule has 1 aromatic rings. The molecular formula is C17H32IN5S. The number of aryl methyl sites for hydroxylation is 1. The highest BCUT2D eigenvalue weighted by Gasteiger charge is 2.17. The number of thiazole rings is 1. The molecule has 2 N–H and O–H groups in total. The molecule has 7 heteroatoms. The molecule has 24 heavy (non-hydrogen) atoms. The number of nitrogens with zero attached hydrogens (tertiary/aromatic N) is 3. The van der Waals surface area contributed by atoms with Crippen molar-refractivity contribution in [2.45, 2.75) is 52.5 Å². The fourth-order valence-electron chi connectivity index (χ4n) is 2.93. The molecule has 1 aliphatic rings. The van der Waals surface area contributed by atoms with Crippen LogP contribution >= 0.6 is 35.3 Å². The van der Waals surface area contributed by atoms with Crippen LogP contribution in [0.15, 0.2) is 11.2 Å². The second kappa shape index (κ2) is 12.0. The van der Waals surface area contributed by atoms with Gasteiger partial charge in [0.05, 0.1) is 11.6 Å². The van der Waals surface area contributed by atoms with Gasteiger partial charge in [0.2, 0.25) is 0 Å². The molecule has 1 aliphatic heterocycles. The van der Waals surface area contributed by atoms with Crippen molar-refractivity contribution >= 4 is 41.3 Å². The largest absolute Gasteiger partial charge is 0.357 e. The van der Waals surface area contributed by atoms with E-state index < -0.39 is 0 Å². The molecule has 138 valence electrons. The average molecular weight is 465 g/mol. The van der Waals surface area contributed by atoms with E-state index in [-0.39, 0.29) is 24.0 Å². The summed E-state index contributed by atoms with van der Waals surface area (Å²) in [6.45, 7) is 11.4. The molecule has 0 saturated carbocycles. The van der Waals surface area contributed by atoms with Crippen LogP contribution < -0.4 is 10.6 Å². The third-order valence-corrected chi connectivity index (χ3v) is 5.21. The van der Waals surface area contributed by atoms with Crippen LogP contribution in [0.25, 0.3) is 0 Å². The van der Waals surface area contributed by atoms with E-state index in [1.54, 1.807) is 11.3 Å². The van der Waals surface area contributed by atoms with Gasteiger partial charge in [-0.2, -0.15) is 0 Å². The molecule has 1 unspecified atom stereocenters. The zero-order valence-corrected chi connectivity index (χ0v) is 18.3. The summed E-state index contributed by atoms with van der Waals surface area (Å²) in [5, 5.41) is 7.93. The van der Waals surface area contributed by atoms with Gasteiger partial charge in [0, 0.05) is 43.2 Å². The van der Waals surface area contributed by atoms with Gasteiger partial charge in [0.1, 0.15) is 0 Å². The Morgan fingerprint density at radius 1 is 1.42 bits per heavy atom. The highest BCUT2D eigenvalue weighted by molar-refractivity contribution is 14.0. The predicted octanol–water partition coefficient (Wildman–Crippen LogP) is 3.04. The van der Waals surface area contributed by atoms with Crippen LogP contribution in [0.1, 0.15) is 43.0 Å². The van der Waals surface area contributed by atoms with Gasteiger partial charge in [-0.05, 0) is 40.2 Å². The Bertz CT molecular complexity index is 491. The fourth-order valence-corrected chi connectivity index (χ4v) is 3.71. The number of halogens is 1. The van der Waals surface area contributed by atoms with Crippen molar-refractivity contribution < 1.29 is 0 Å². The first-order valence-electron chi connectivity index (χ1n) is 8.86. The molecular weight excluding hydrogens is 433 g/mol. The SMILES string of the molecule is CCNC(=NCCN1CCCCC1C)NCCc1ncc(C)s1.I. The topological polar surface area (TPSA) is 52.6 Å². The highest BCUT2D eigenvalue weighted by Crippen LogP contribution is 2.15. The lowest BCUT2D eigenvalue weighted by atomic mass is 10.0. The maximum Gasteiger partial charge on any atom is 0.191 e. The lowest BCUT2D eigenvalue weighted by Gasteiger charge is -2.32. The lowest BCUT2D eigenvalue weighted by Crippen LogP contribution is -2.41. The van der Waals surface area contributed by atoms with Crippen LogP contribution in [0, 0.1) is 6.92 Å². The van der Waals surface area contributed by atoms with Crippen molar-refractivity contribution in [3.05, 3.63) is 16.1 Å². The minimum atomic E-state index is 0. The molecule has 2 heterocycles. The molecule has 0 aromatic carbocycles. The summed E-state index contributed by atoms with van der Waals surface area (Å²) in [7, 11) is 0. The van der Waals surface area contributed by atoms with E-state index in [4.69, 9.17) is 4.99 Å². The molecule has 5 nitrogen and oxygen atoms in total. The molecule has 0 spiro atoms. The van der Waals surface area contributed by atoms with Gasteiger partial charge in [-0.15, -0.1) is 35.3 Å². The van der Waals surface area contributed by atoms with Crippen molar-refractivity contribution in [3.8, 4) is 0 Å². The Hall–Kier alpha value is -0.410. The fraction of sp³-hybridized carbons (Fsp3) is 0.765. The third-order valence-electron chi connectivity index (χ3n) is 4.24. The second-order valence-electron chi connectivity index (χ2n) is 6.18. The van der Waals surface area contributed by atoms with Crippen molar-refractivity contribution in [3.63, 3.8) is 0 Å². The Labute approximate surface area is 167 Å². The van der Waals surface area contributed by atoms with E-state index in [1.165, 1.54) is 35.7 Å². The standard InChI is InChI=1S/C17H31N5S.HI/c1-4-18-17(19-9-8-16-21-13-15(3)23-16)20-10-12-22-11-6-5-7-14(22)2;/h13-14H,4-12H2,1-3H3,(H2,18,19,20);1H. The Morgan fingerprint density at radius 3 is 2.92 bits per heavy atom. The molecule has 0 bridgehead atoms. The van der Waals surface area contributed by atoms with Gasteiger partial charge >= 0.3 is 0 Å². The maximum absolute atomic E-state index is 4.71. The minimum Gasteiger partial charge on any atom is -0.357 e. The summed E-state index contributed by atoms with van der Waals surface area (Å²) in [6.07, 6.45) is 6.93. The van der Waals surface area contributed by atoms with Gasteiger partial charge in [0.25, 0.3) is 0 Å². The van der Waals surface area contributed by atoms with Gasteiger partial charge < -0.3 is 10.6 Å². The van der Waals surface area contributed by atoms with Gasteiger partial charge in [0.15, 0.2) is 5.96 Å². The lowest BCUT2D eigenvalue weighted by molar-refractivity contribution is 0.166. The number of piperidine rings is 1. The van der Waals surface area contributed by atoms with Crippen molar-refractivity contribution in [1.29, 1.82) is 0 Å². The highest BCUT2D eigenvalue weighted by atomic mass is 127. The van der Waals surface area contributed by atoms with E-state index in [9.17, 15) is 0 Å². The second-order valence-corrected chi connectivity index (χ2v) is 7.50. The number of hydrogen-bond donors (Lipinski definition) is 2. The Kier molecular flexibility index (Phi) is 10.8. The summed E-state index contributed by atoms with van der Waals surface area (Å²) in [5.74, 6) is 0.922. The smallest absolute Gasteiger partial charge is 0.191 e. The molecule has 0 radical (unpaired) electrons. The molecule has 1 fully saturated rings. The molecule has 1 saturated heterocycles. The first-order chi connectivity index (χ1) is 11.2. The summed E-state index contributed by atoms with van der Waals surface area (Å²) >= 11 is 1.77. The summed E-state index contributed by atoms with van der Waals surface area (Å²) in [4.78, 5) is 13.0. The van der Waals surface area contributed by atoms with Crippen LogP contribution in [0.2, 0.25) is 0 Å². The summed E-state index contributed by atoms with van der Waals surface area (Å²) < 4.78 is 0. The summed E-state index contributed by atoms with van der Waals surface area (Å²) in [5.41, 5.74) is 0. The number of aliphatic imine (C=N–C) groups is 1. The minimum absolute atomic E-state index is 0. The zero-order chi connectivity index (χ0) is 16.5. The number of guanidine groups is 1. The molecule has 1 atom stereocenters. The van der Waals surface area contributed by atoms with Crippen LogP contribution in [0.3, 0.4) is 0 Å². The van der Waals surface area contributed by atoms with E-state index in [2.05, 4.69) is 41.3 Å². The molecule has 0 aliphatic carbocycles. The zero-order valence-electron chi connectivity index (χ0n) is 15.2. The Balaban J connectivity index is 0.00000288. The van der Waals surface area contributed by atoms with E-state index in [0.29, 0.717) is 6.04 Å². The number of likely N-dealkylation sites (tertiary alicyclic amines) is 1. The normalized spacial score (nSPS) is 19.0. The average Bonchev–Trinajstić information content (AvgIpc) is 2.94. The monoisotopic (exact) mass is 465 g/mol. The predicted molar refractivity (Wildman–Crippen MR) is 115 cm³/mol. The number of hydrogen-bond acceptors (Lipinski definition) is 4. The van der Waals surface area contributed by atoms with Gasteiger partial charge in [-0.3, -0.25) is 9.89 Å². The van der Waals surface area contributed by atoms with Gasteiger partial charge in [-0.1, -0.05) is 6.42 Å². The molecule has 1 aromatic heterocycles. The van der Waals surface area contributed by atoms with Crippen molar-refractivity contribution in [2.75, 3.05) is 32.7 Å². The summed E-state index contributed by atoms with van der Waals surface area (Å²) in [6, 6.07) is 0.711. The van der Waals surface area contributed by atoms with Gasteiger partial charge in [-0.25, -0.2) is 4.98 Å². The van der Waals surface area contributed by atoms with Crippen LogP contribution in [-0.2, 0) is 6.42 Å². The van der Waals surface area contributed by atoms with Crippen LogP contribution in [0.4, 0.5) is 0 Å². The molecule has 2 rings (SSSR count). The first kappa shape index (κ1) is 21.6. The van der Waals surface area contributed by atoms with Crippen LogP contribution in [0.5, 0.6) is 0 Å². The first-order valence-corrected chi connectivity index (χ1v) is 9.68. The third kappa shape index (κ3) is 7.65. The maximum atomic E-state index is 4.71. The van der Waals surface area contributed by atoms with Crippen molar-refractivity contribution in [2.24, 2.45) is 4.99 Å². The number of aromatic nitrogens is 1. The van der Waals surface area contributed by atoms with E-state index in [0.717, 1.165) is 38.6 Å². The van der Waals surface area contributed by atoms with Crippen molar-refractivity contribution in [1.82, 2.24) is 20.5 Å². The quantitative estimate of drug-likeness (QED) is 0.369. The van der Waals surface area contributed by atoms with Crippen LogP contribution in [-0.4, -0.2) is 54.6 Å². The van der Waals surface area contributed by atoms with E-state index in [1.807, 2.05) is 6.20 Å². The molecule has 0 amide bonds.